The number of carbonyl (C=O) groups is 1. The molecule has 5 nitrogen and oxygen atoms in total. The number of nitriles is 1. The molecular formula is C17H9Cl2N3O2. The molecule has 0 spiro atoms. The minimum absolute atomic E-state index is 0.0118. The first-order valence-electron chi connectivity index (χ1n) is 6.88. The molecule has 0 radical (unpaired) electrons. The number of fused-ring (bicyclic) bond motifs is 1. The smallest absolute Gasteiger partial charge is 0.258 e. The van der Waals surface area contributed by atoms with Gasteiger partial charge in [-0.15, -0.1) is 0 Å². The van der Waals surface area contributed by atoms with E-state index >= 15 is 0 Å². The second kappa shape index (κ2) is 6.44. The van der Waals surface area contributed by atoms with Crippen molar-refractivity contribution in [1.82, 2.24) is 9.97 Å². The van der Waals surface area contributed by atoms with E-state index < -0.39 is 17.3 Å². The van der Waals surface area contributed by atoms with E-state index in [-0.39, 0.29) is 21.4 Å². The van der Waals surface area contributed by atoms with Gasteiger partial charge in [0.05, 0.1) is 17.0 Å². The number of para-hydroxylation sites is 1. The van der Waals surface area contributed by atoms with Crippen LogP contribution in [0.3, 0.4) is 0 Å². The summed E-state index contributed by atoms with van der Waals surface area (Å²) < 4.78 is 0. The lowest BCUT2D eigenvalue weighted by Crippen LogP contribution is -2.19. The van der Waals surface area contributed by atoms with Crippen LogP contribution in [0.15, 0.2) is 47.3 Å². The highest BCUT2D eigenvalue weighted by molar-refractivity contribution is 6.35. The van der Waals surface area contributed by atoms with Crippen molar-refractivity contribution >= 4 is 39.9 Å². The Balaban J connectivity index is 2.10. The Labute approximate surface area is 146 Å². The van der Waals surface area contributed by atoms with Crippen LogP contribution in [-0.4, -0.2) is 15.8 Å². The molecule has 0 saturated heterocycles. The van der Waals surface area contributed by atoms with Gasteiger partial charge in [-0.25, -0.2) is 4.98 Å². The van der Waals surface area contributed by atoms with E-state index in [1.807, 2.05) is 6.07 Å². The van der Waals surface area contributed by atoms with Crippen LogP contribution in [0.4, 0.5) is 0 Å². The predicted octanol–water partition coefficient (Wildman–Crippen LogP) is 3.72. The van der Waals surface area contributed by atoms with Gasteiger partial charge >= 0.3 is 0 Å². The van der Waals surface area contributed by atoms with Crippen LogP contribution in [0, 0.1) is 11.3 Å². The SMILES string of the molecule is N#CC(C(=O)c1cc(Cl)cc(Cl)c1)c1nc2ccccc2c(=O)[nH]1. The van der Waals surface area contributed by atoms with Gasteiger partial charge in [-0.3, -0.25) is 9.59 Å². The van der Waals surface area contributed by atoms with Gasteiger partial charge < -0.3 is 4.98 Å². The largest absolute Gasteiger partial charge is 0.308 e. The van der Waals surface area contributed by atoms with E-state index in [0.29, 0.717) is 10.9 Å². The Morgan fingerprint density at radius 2 is 1.83 bits per heavy atom. The van der Waals surface area contributed by atoms with E-state index in [4.69, 9.17) is 23.2 Å². The zero-order valence-electron chi connectivity index (χ0n) is 12.1. The minimum Gasteiger partial charge on any atom is -0.308 e. The molecule has 1 atom stereocenters. The molecule has 1 N–H and O–H groups in total. The zero-order valence-corrected chi connectivity index (χ0v) is 13.6. The van der Waals surface area contributed by atoms with Crippen LogP contribution in [0.2, 0.25) is 10.0 Å². The fourth-order valence-electron chi connectivity index (χ4n) is 2.35. The summed E-state index contributed by atoms with van der Waals surface area (Å²) in [7, 11) is 0. The number of carbonyl (C=O) groups excluding carboxylic acids is 1. The maximum Gasteiger partial charge on any atom is 0.258 e. The quantitative estimate of drug-likeness (QED) is 0.723. The molecule has 24 heavy (non-hydrogen) atoms. The Bertz CT molecular complexity index is 1030. The molecule has 1 unspecified atom stereocenters. The molecule has 1 aromatic heterocycles. The molecule has 0 saturated carbocycles. The summed E-state index contributed by atoms with van der Waals surface area (Å²) in [5.41, 5.74) is 0.177. The number of aromatic amines is 1. The summed E-state index contributed by atoms with van der Waals surface area (Å²) in [5, 5.41) is 10.4. The van der Waals surface area contributed by atoms with Crippen molar-refractivity contribution in [2.75, 3.05) is 0 Å². The van der Waals surface area contributed by atoms with Crippen molar-refractivity contribution in [2.24, 2.45) is 0 Å². The van der Waals surface area contributed by atoms with Gasteiger partial charge in [0.15, 0.2) is 11.7 Å². The monoisotopic (exact) mass is 357 g/mol. The second-order valence-electron chi connectivity index (χ2n) is 5.05. The molecule has 2 aromatic carbocycles. The molecule has 118 valence electrons. The average molecular weight is 358 g/mol. The summed E-state index contributed by atoms with van der Waals surface area (Å²) >= 11 is 11.8. The van der Waals surface area contributed by atoms with Crippen LogP contribution < -0.4 is 5.56 Å². The molecule has 3 aromatic rings. The fourth-order valence-corrected chi connectivity index (χ4v) is 2.87. The lowest BCUT2D eigenvalue weighted by molar-refractivity contribution is 0.0976. The van der Waals surface area contributed by atoms with Crippen LogP contribution in [-0.2, 0) is 0 Å². The van der Waals surface area contributed by atoms with Crippen molar-refractivity contribution in [3.05, 3.63) is 74.3 Å². The third kappa shape index (κ3) is 3.02. The summed E-state index contributed by atoms with van der Waals surface area (Å²) in [5.74, 6) is -1.82. The standard InChI is InChI=1S/C17H9Cl2N3O2/c18-10-5-9(6-11(19)7-10)15(23)13(8-20)16-21-14-4-2-1-3-12(14)17(24)22-16/h1-7,13H,(H,21,22,24). The van der Waals surface area contributed by atoms with Crippen molar-refractivity contribution in [1.29, 1.82) is 5.26 Å². The van der Waals surface area contributed by atoms with Gasteiger partial charge in [0, 0.05) is 15.6 Å². The molecule has 0 fully saturated rings. The van der Waals surface area contributed by atoms with E-state index in [1.54, 1.807) is 24.3 Å². The molecule has 7 heteroatoms. The molecule has 3 rings (SSSR count). The van der Waals surface area contributed by atoms with Gasteiger partial charge in [-0.05, 0) is 30.3 Å². The van der Waals surface area contributed by atoms with Crippen molar-refractivity contribution in [2.45, 2.75) is 5.92 Å². The number of rotatable bonds is 3. The third-order valence-electron chi connectivity index (χ3n) is 3.44. The number of benzene rings is 2. The number of hydrogen-bond donors (Lipinski definition) is 1. The molecule has 0 aliphatic heterocycles. The van der Waals surface area contributed by atoms with Crippen molar-refractivity contribution in [3.8, 4) is 6.07 Å². The topological polar surface area (TPSA) is 86.6 Å². The number of nitrogens with one attached hydrogen (secondary N) is 1. The van der Waals surface area contributed by atoms with Gasteiger partial charge in [0.25, 0.3) is 5.56 Å². The van der Waals surface area contributed by atoms with Gasteiger partial charge in [-0.1, -0.05) is 35.3 Å². The number of ketones is 1. The molecule has 0 amide bonds. The van der Waals surface area contributed by atoms with Gasteiger partial charge in [-0.2, -0.15) is 5.26 Å². The Kier molecular flexibility index (Phi) is 4.34. The summed E-state index contributed by atoms with van der Waals surface area (Å²) in [6.45, 7) is 0. The maximum atomic E-state index is 12.6. The van der Waals surface area contributed by atoms with Crippen LogP contribution in [0.25, 0.3) is 10.9 Å². The summed E-state index contributed by atoms with van der Waals surface area (Å²) in [6, 6.07) is 12.9. The Morgan fingerprint density at radius 3 is 2.50 bits per heavy atom. The van der Waals surface area contributed by atoms with Crippen molar-refractivity contribution < 1.29 is 4.79 Å². The highest BCUT2D eigenvalue weighted by Crippen LogP contribution is 2.24. The molecular weight excluding hydrogens is 349 g/mol. The normalized spacial score (nSPS) is 11.9. The van der Waals surface area contributed by atoms with Gasteiger partial charge in [0.1, 0.15) is 5.82 Å². The van der Waals surface area contributed by atoms with Crippen molar-refractivity contribution in [3.63, 3.8) is 0 Å². The Morgan fingerprint density at radius 1 is 1.17 bits per heavy atom. The fraction of sp³-hybridized carbons (Fsp3) is 0.0588. The first-order chi connectivity index (χ1) is 11.5. The zero-order chi connectivity index (χ0) is 17.3. The van der Waals surface area contributed by atoms with Crippen LogP contribution in [0.1, 0.15) is 22.1 Å². The lowest BCUT2D eigenvalue weighted by Gasteiger charge is -2.09. The summed E-state index contributed by atoms with van der Waals surface area (Å²) in [6.07, 6.45) is 0. The highest BCUT2D eigenvalue weighted by Gasteiger charge is 2.25. The number of hydrogen-bond acceptors (Lipinski definition) is 4. The molecule has 0 bridgehead atoms. The molecule has 0 aliphatic rings. The molecule has 0 aliphatic carbocycles. The van der Waals surface area contributed by atoms with Crippen LogP contribution >= 0.6 is 23.2 Å². The second-order valence-corrected chi connectivity index (χ2v) is 5.93. The average Bonchev–Trinajstić information content (AvgIpc) is 2.54. The third-order valence-corrected chi connectivity index (χ3v) is 3.88. The Hall–Kier alpha value is -2.68. The number of halogens is 2. The number of nitrogens with zero attached hydrogens (tertiary/aromatic N) is 2. The first kappa shape index (κ1) is 16.2. The molecule has 1 heterocycles. The number of H-pyrrole nitrogens is 1. The highest BCUT2D eigenvalue weighted by atomic mass is 35.5. The van der Waals surface area contributed by atoms with Crippen LogP contribution in [0.5, 0.6) is 0 Å². The lowest BCUT2D eigenvalue weighted by atomic mass is 9.98. The van der Waals surface area contributed by atoms with E-state index in [1.165, 1.54) is 18.2 Å². The number of Topliss-reactive ketones (excluding diaryl/α,β-unsaturated/α-hetero) is 1. The van der Waals surface area contributed by atoms with E-state index in [0.717, 1.165) is 0 Å². The maximum absolute atomic E-state index is 12.6. The summed E-state index contributed by atoms with van der Waals surface area (Å²) in [4.78, 5) is 31.5. The van der Waals surface area contributed by atoms with E-state index in [2.05, 4.69) is 9.97 Å². The number of aromatic nitrogens is 2. The minimum atomic E-state index is -1.27. The van der Waals surface area contributed by atoms with Gasteiger partial charge in [0.2, 0.25) is 0 Å². The first-order valence-corrected chi connectivity index (χ1v) is 7.64. The van der Waals surface area contributed by atoms with E-state index in [9.17, 15) is 14.9 Å². The predicted molar refractivity (Wildman–Crippen MR) is 91.5 cm³/mol.